The maximum atomic E-state index is 12.9. The Morgan fingerprint density at radius 3 is 2.27 bits per heavy atom. The Morgan fingerprint density at radius 1 is 0.955 bits per heavy atom. The minimum absolute atomic E-state index is 0.0191. The second-order valence-electron chi connectivity index (χ2n) is 4.85. The van der Waals surface area contributed by atoms with Gasteiger partial charge in [0.2, 0.25) is 0 Å². The molecule has 0 heterocycles. The van der Waals surface area contributed by atoms with Crippen LogP contribution >= 0.6 is 15.9 Å². The number of aromatic carboxylic acids is 1. The van der Waals surface area contributed by atoms with Crippen molar-refractivity contribution in [3.05, 3.63) is 58.1 Å². The first-order valence-electron chi connectivity index (χ1n) is 6.24. The van der Waals surface area contributed by atoms with Crippen molar-refractivity contribution in [2.75, 3.05) is 0 Å². The summed E-state index contributed by atoms with van der Waals surface area (Å²) in [7, 11) is 0. The third-order valence-electron chi connectivity index (χ3n) is 3.47. The molecule has 0 atom stereocenters. The van der Waals surface area contributed by atoms with E-state index < -0.39 is 17.7 Å². The molecule has 0 aliphatic heterocycles. The van der Waals surface area contributed by atoms with Gasteiger partial charge in [0, 0.05) is 4.47 Å². The van der Waals surface area contributed by atoms with Gasteiger partial charge in [-0.05, 0) is 51.9 Å². The summed E-state index contributed by atoms with van der Waals surface area (Å²) in [5.74, 6) is -1.17. The van der Waals surface area contributed by atoms with E-state index in [0.717, 1.165) is 16.6 Å². The molecule has 0 saturated heterocycles. The van der Waals surface area contributed by atoms with E-state index in [-0.39, 0.29) is 16.3 Å². The average Bonchev–Trinajstić information content (AvgIpc) is 2.44. The highest BCUT2D eigenvalue weighted by molar-refractivity contribution is 9.10. The van der Waals surface area contributed by atoms with Crippen molar-refractivity contribution in [2.24, 2.45) is 0 Å². The average molecular weight is 369 g/mol. The number of halogens is 4. The molecule has 0 radical (unpaired) electrons. The maximum Gasteiger partial charge on any atom is 0.416 e. The van der Waals surface area contributed by atoms with Gasteiger partial charge in [-0.15, -0.1) is 0 Å². The molecule has 1 N–H and O–H groups in total. The van der Waals surface area contributed by atoms with E-state index >= 15 is 0 Å². The summed E-state index contributed by atoms with van der Waals surface area (Å²) in [5, 5.41) is 11.0. The Labute approximate surface area is 131 Å². The predicted molar refractivity (Wildman–Crippen MR) is 81.1 cm³/mol. The van der Waals surface area contributed by atoms with Crippen LogP contribution in [-0.4, -0.2) is 11.1 Å². The topological polar surface area (TPSA) is 37.3 Å². The molecule has 3 aromatic carbocycles. The van der Waals surface area contributed by atoms with Crippen LogP contribution in [0.4, 0.5) is 13.2 Å². The molecule has 3 aromatic rings. The van der Waals surface area contributed by atoms with Gasteiger partial charge in [0.15, 0.2) is 0 Å². The molecule has 3 rings (SSSR count). The Kier molecular flexibility index (Phi) is 3.36. The van der Waals surface area contributed by atoms with Crippen LogP contribution in [0, 0.1) is 0 Å². The molecule has 0 bridgehead atoms. The number of hydrogen-bond acceptors (Lipinski definition) is 1. The fraction of sp³-hybridized carbons (Fsp3) is 0.0625. The largest absolute Gasteiger partial charge is 0.478 e. The second kappa shape index (κ2) is 4.98. The summed E-state index contributed by atoms with van der Waals surface area (Å²) in [6.07, 6.45) is -4.48. The fourth-order valence-corrected chi connectivity index (χ4v) is 2.87. The number of benzene rings is 3. The molecule has 2 nitrogen and oxygen atoms in total. The van der Waals surface area contributed by atoms with Crippen LogP contribution < -0.4 is 0 Å². The first kappa shape index (κ1) is 14.8. The van der Waals surface area contributed by atoms with Crippen LogP contribution in [-0.2, 0) is 6.18 Å². The zero-order valence-electron chi connectivity index (χ0n) is 10.9. The number of carboxylic acids is 1. The molecule has 0 spiro atoms. The summed E-state index contributed by atoms with van der Waals surface area (Å²) in [5.41, 5.74) is -0.818. The number of carbonyl (C=O) groups is 1. The van der Waals surface area contributed by atoms with Gasteiger partial charge in [-0.25, -0.2) is 4.79 Å². The molecule has 0 fully saturated rings. The highest BCUT2D eigenvalue weighted by atomic mass is 79.9. The van der Waals surface area contributed by atoms with Gasteiger partial charge in [-0.2, -0.15) is 13.2 Å². The van der Waals surface area contributed by atoms with Crippen LogP contribution in [0.25, 0.3) is 21.5 Å². The summed E-state index contributed by atoms with van der Waals surface area (Å²) in [6.45, 7) is 0. The van der Waals surface area contributed by atoms with Crippen molar-refractivity contribution in [1.82, 2.24) is 0 Å². The lowest BCUT2D eigenvalue weighted by Gasteiger charge is -2.12. The van der Waals surface area contributed by atoms with E-state index in [9.17, 15) is 23.1 Å². The lowest BCUT2D eigenvalue weighted by Crippen LogP contribution is -2.05. The van der Waals surface area contributed by atoms with E-state index in [2.05, 4.69) is 15.9 Å². The highest BCUT2D eigenvalue weighted by Gasteiger charge is 2.31. The van der Waals surface area contributed by atoms with Crippen LogP contribution in [0.15, 0.2) is 46.9 Å². The van der Waals surface area contributed by atoms with Gasteiger partial charge in [0.05, 0.1) is 11.1 Å². The van der Waals surface area contributed by atoms with Gasteiger partial charge >= 0.3 is 12.1 Å². The summed E-state index contributed by atoms with van der Waals surface area (Å²) >= 11 is 3.28. The Bertz CT molecular complexity index is 917. The number of rotatable bonds is 1. The smallest absolute Gasteiger partial charge is 0.416 e. The number of fused-ring (bicyclic) bond motifs is 3. The number of hydrogen-bond donors (Lipinski definition) is 1. The minimum Gasteiger partial charge on any atom is -0.478 e. The van der Waals surface area contributed by atoms with Crippen molar-refractivity contribution in [1.29, 1.82) is 0 Å². The molecule has 0 saturated carbocycles. The predicted octanol–water partition coefficient (Wildman–Crippen LogP) is 5.47. The zero-order valence-corrected chi connectivity index (χ0v) is 12.5. The fourth-order valence-electron chi connectivity index (χ4n) is 2.49. The summed E-state index contributed by atoms with van der Waals surface area (Å²) < 4.78 is 39.5. The molecule has 0 aromatic heterocycles. The zero-order chi connectivity index (χ0) is 16.1. The second-order valence-corrected chi connectivity index (χ2v) is 5.77. The van der Waals surface area contributed by atoms with Gasteiger partial charge in [0.25, 0.3) is 0 Å². The molecule has 6 heteroatoms. The Hall–Kier alpha value is -2.08. The lowest BCUT2D eigenvalue weighted by atomic mass is 9.95. The summed E-state index contributed by atoms with van der Waals surface area (Å²) in [6, 6.07) is 9.65. The molecule has 0 unspecified atom stereocenters. The van der Waals surface area contributed by atoms with E-state index in [0.29, 0.717) is 10.8 Å². The molecular formula is C16H8BrF3O2. The van der Waals surface area contributed by atoms with Crippen LogP contribution in [0.5, 0.6) is 0 Å². The highest BCUT2D eigenvalue weighted by Crippen LogP contribution is 2.36. The SMILES string of the molecule is O=C(O)c1cc2cc(Br)ccc2c2cc(C(F)(F)F)ccc12. The third-order valence-corrected chi connectivity index (χ3v) is 3.96. The van der Waals surface area contributed by atoms with Crippen molar-refractivity contribution in [3.8, 4) is 0 Å². The van der Waals surface area contributed by atoms with Crippen LogP contribution in [0.1, 0.15) is 15.9 Å². The quantitative estimate of drug-likeness (QED) is 0.578. The molecule has 0 aliphatic carbocycles. The molecule has 112 valence electrons. The third kappa shape index (κ3) is 2.43. The normalized spacial score (nSPS) is 12.0. The maximum absolute atomic E-state index is 12.9. The van der Waals surface area contributed by atoms with Crippen LogP contribution in [0.2, 0.25) is 0 Å². The van der Waals surface area contributed by atoms with E-state index in [1.165, 1.54) is 12.1 Å². The Balaban J connectivity index is 2.49. The molecule has 22 heavy (non-hydrogen) atoms. The molecule has 0 aliphatic rings. The lowest BCUT2D eigenvalue weighted by molar-refractivity contribution is -0.137. The van der Waals surface area contributed by atoms with Gasteiger partial charge < -0.3 is 5.11 Å². The molecule has 0 amide bonds. The van der Waals surface area contributed by atoms with Crippen molar-refractivity contribution >= 4 is 43.4 Å². The van der Waals surface area contributed by atoms with Crippen LogP contribution in [0.3, 0.4) is 0 Å². The standard InChI is InChI=1S/C16H8BrF3O2/c17-10-2-4-11-8(5-10)6-14(15(21)22)12-3-1-9(7-13(11)12)16(18,19)20/h1-7H,(H,21,22). The van der Waals surface area contributed by atoms with Crippen molar-refractivity contribution < 1.29 is 23.1 Å². The Morgan fingerprint density at radius 2 is 1.64 bits per heavy atom. The number of carboxylic acid groups (broad SMARTS) is 1. The van der Waals surface area contributed by atoms with E-state index in [1.807, 2.05) is 0 Å². The van der Waals surface area contributed by atoms with Crippen molar-refractivity contribution in [2.45, 2.75) is 6.18 Å². The first-order valence-corrected chi connectivity index (χ1v) is 7.03. The van der Waals surface area contributed by atoms with Gasteiger partial charge in [-0.1, -0.05) is 28.1 Å². The van der Waals surface area contributed by atoms with Gasteiger partial charge in [0.1, 0.15) is 0 Å². The first-order chi connectivity index (χ1) is 10.3. The van der Waals surface area contributed by atoms with Crippen molar-refractivity contribution in [3.63, 3.8) is 0 Å². The minimum atomic E-state index is -4.48. The van der Waals surface area contributed by atoms with E-state index in [4.69, 9.17) is 0 Å². The monoisotopic (exact) mass is 368 g/mol. The molecular weight excluding hydrogens is 361 g/mol. The van der Waals surface area contributed by atoms with E-state index in [1.54, 1.807) is 18.2 Å². The van der Waals surface area contributed by atoms with Gasteiger partial charge in [-0.3, -0.25) is 0 Å². The number of alkyl halides is 3. The summed E-state index contributed by atoms with van der Waals surface area (Å²) in [4.78, 5) is 11.4.